The second kappa shape index (κ2) is 7.48. The lowest BCUT2D eigenvalue weighted by Gasteiger charge is -2.35. The predicted molar refractivity (Wildman–Crippen MR) is 91.9 cm³/mol. The molecule has 0 saturated carbocycles. The highest BCUT2D eigenvalue weighted by Crippen LogP contribution is 2.19. The van der Waals surface area contributed by atoms with E-state index in [-0.39, 0.29) is 18.0 Å². The van der Waals surface area contributed by atoms with Crippen molar-refractivity contribution >= 4 is 23.3 Å². The number of rotatable bonds is 4. The zero-order chi connectivity index (χ0) is 16.9. The van der Waals surface area contributed by atoms with Gasteiger partial charge in [-0.1, -0.05) is 6.92 Å². The SMILES string of the molecule is CC[C@H](NC(=O)N1CCN(C(=O)c2ccc[nH]2)CC1)c1nccs1. The fraction of sp³-hybridized carbons (Fsp3) is 0.438. The molecular weight excluding hydrogens is 326 g/mol. The van der Waals surface area contributed by atoms with E-state index in [1.807, 2.05) is 12.3 Å². The summed E-state index contributed by atoms with van der Waals surface area (Å²) in [7, 11) is 0. The van der Waals surface area contributed by atoms with Crippen molar-refractivity contribution in [2.75, 3.05) is 26.2 Å². The minimum absolute atomic E-state index is 0.0192. The van der Waals surface area contributed by atoms with Crippen LogP contribution in [-0.4, -0.2) is 57.9 Å². The molecule has 0 unspecified atom stereocenters. The normalized spacial score (nSPS) is 16.0. The number of piperazine rings is 1. The molecule has 1 fully saturated rings. The van der Waals surface area contributed by atoms with Gasteiger partial charge >= 0.3 is 6.03 Å². The van der Waals surface area contributed by atoms with Crippen LogP contribution in [-0.2, 0) is 0 Å². The molecule has 2 N–H and O–H groups in total. The lowest BCUT2D eigenvalue weighted by Crippen LogP contribution is -2.53. The molecular formula is C16H21N5O2S. The van der Waals surface area contributed by atoms with E-state index in [0.717, 1.165) is 11.4 Å². The van der Waals surface area contributed by atoms with E-state index < -0.39 is 0 Å². The first-order valence-corrected chi connectivity index (χ1v) is 8.94. The number of thiazole rings is 1. The number of nitrogens with one attached hydrogen (secondary N) is 2. The first kappa shape index (κ1) is 16.5. The highest BCUT2D eigenvalue weighted by molar-refractivity contribution is 7.09. The number of aromatic nitrogens is 2. The van der Waals surface area contributed by atoms with Crippen molar-refractivity contribution in [3.05, 3.63) is 40.6 Å². The maximum absolute atomic E-state index is 12.4. The average molecular weight is 347 g/mol. The van der Waals surface area contributed by atoms with Crippen LogP contribution in [0.25, 0.3) is 0 Å². The lowest BCUT2D eigenvalue weighted by molar-refractivity contribution is 0.0658. The summed E-state index contributed by atoms with van der Waals surface area (Å²) >= 11 is 1.55. The Morgan fingerprint density at radius 2 is 2.08 bits per heavy atom. The number of carbonyl (C=O) groups is 2. The molecule has 0 aliphatic carbocycles. The number of amides is 3. The number of urea groups is 1. The van der Waals surface area contributed by atoms with E-state index in [0.29, 0.717) is 31.9 Å². The number of hydrogen-bond acceptors (Lipinski definition) is 4. The van der Waals surface area contributed by atoms with Gasteiger partial charge in [-0.3, -0.25) is 4.79 Å². The fourth-order valence-electron chi connectivity index (χ4n) is 2.73. The van der Waals surface area contributed by atoms with Crippen LogP contribution in [0, 0.1) is 0 Å². The molecule has 2 aromatic rings. The second-order valence-corrected chi connectivity index (χ2v) is 6.57. The summed E-state index contributed by atoms with van der Waals surface area (Å²) in [4.78, 5) is 35.5. The lowest BCUT2D eigenvalue weighted by atomic mass is 10.2. The van der Waals surface area contributed by atoms with Gasteiger partial charge in [0.2, 0.25) is 0 Å². The largest absolute Gasteiger partial charge is 0.357 e. The molecule has 24 heavy (non-hydrogen) atoms. The van der Waals surface area contributed by atoms with Crippen LogP contribution in [0.3, 0.4) is 0 Å². The minimum atomic E-state index is -0.0935. The Hall–Kier alpha value is -2.35. The van der Waals surface area contributed by atoms with Gasteiger partial charge in [0, 0.05) is 44.0 Å². The van der Waals surface area contributed by atoms with E-state index in [9.17, 15) is 9.59 Å². The third-order valence-electron chi connectivity index (χ3n) is 4.14. The smallest absolute Gasteiger partial charge is 0.318 e. The number of aromatic amines is 1. The summed E-state index contributed by atoms with van der Waals surface area (Å²) in [5.74, 6) is -0.0192. The van der Waals surface area contributed by atoms with Crippen LogP contribution in [0.4, 0.5) is 4.79 Å². The van der Waals surface area contributed by atoms with E-state index in [2.05, 4.69) is 15.3 Å². The first-order chi connectivity index (χ1) is 11.7. The molecule has 3 heterocycles. The summed E-state index contributed by atoms with van der Waals surface area (Å²) in [6.45, 7) is 4.18. The summed E-state index contributed by atoms with van der Waals surface area (Å²) in [6.07, 6.45) is 4.28. The van der Waals surface area contributed by atoms with E-state index >= 15 is 0 Å². The monoisotopic (exact) mass is 347 g/mol. The van der Waals surface area contributed by atoms with Gasteiger partial charge < -0.3 is 20.1 Å². The molecule has 0 radical (unpaired) electrons. The van der Waals surface area contributed by atoms with Gasteiger partial charge in [0.15, 0.2) is 0 Å². The van der Waals surface area contributed by atoms with Gasteiger partial charge in [-0.15, -0.1) is 11.3 Å². The van der Waals surface area contributed by atoms with Crippen molar-refractivity contribution in [1.29, 1.82) is 0 Å². The van der Waals surface area contributed by atoms with Crippen LogP contribution in [0.5, 0.6) is 0 Å². The third kappa shape index (κ3) is 3.59. The first-order valence-electron chi connectivity index (χ1n) is 8.06. The molecule has 8 heteroatoms. The van der Waals surface area contributed by atoms with Gasteiger partial charge in [-0.2, -0.15) is 0 Å². The molecule has 0 bridgehead atoms. The van der Waals surface area contributed by atoms with Crippen molar-refractivity contribution in [2.24, 2.45) is 0 Å². The quantitative estimate of drug-likeness (QED) is 0.888. The van der Waals surface area contributed by atoms with E-state index in [1.165, 1.54) is 0 Å². The Bertz CT molecular complexity index is 663. The molecule has 128 valence electrons. The molecule has 0 spiro atoms. The van der Waals surface area contributed by atoms with E-state index in [4.69, 9.17) is 0 Å². The zero-order valence-electron chi connectivity index (χ0n) is 13.6. The van der Waals surface area contributed by atoms with Gasteiger partial charge in [0.1, 0.15) is 10.7 Å². The van der Waals surface area contributed by atoms with Crippen molar-refractivity contribution in [3.8, 4) is 0 Å². The molecule has 3 amide bonds. The number of nitrogens with zero attached hydrogens (tertiary/aromatic N) is 3. The molecule has 0 aromatic carbocycles. The average Bonchev–Trinajstić information content (AvgIpc) is 3.32. The summed E-state index contributed by atoms with van der Waals surface area (Å²) in [5, 5.41) is 5.87. The highest BCUT2D eigenvalue weighted by Gasteiger charge is 2.26. The minimum Gasteiger partial charge on any atom is -0.357 e. The fourth-order valence-corrected chi connectivity index (χ4v) is 3.50. The summed E-state index contributed by atoms with van der Waals surface area (Å²) in [5.41, 5.74) is 0.586. The Kier molecular flexibility index (Phi) is 5.14. The molecule has 7 nitrogen and oxygen atoms in total. The maximum Gasteiger partial charge on any atom is 0.318 e. The van der Waals surface area contributed by atoms with Crippen molar-refractivity contribution in [2.45, 2.75) is 19.4 Å². The van der Waals surface area contributed by atoms with Gasteiger partial charge in [-0.05, 0) is 18.6 Å². The Labute approximate surface area is 144 Å². The van der Waals surface area contributed by atoms with Crippen LogP contribution in [0.1, 0.15) is 34.9 Å². The van der Waals surface area contributed by atoms with Crippen LogP contribution in [0.2, 0.25) is 0 Å². The summed E-state index contributed by atoms with van der Waals surface area (Å²) in [6, 6.07) is 3.42. The molecule has 1 atom stereocenters. The van der Waals surface area contributed by atoms with Crippen LogP contribution in [0.15, 0.2) is 29.9 Å². The van der Waals surface area contributed by atoms with Crippen molar-refractivity contribution < 1.29 is 9.59 Å². The van der Waals surface area contributed by atoms with Crippen molar-refractivity contribution in [1.82, 2.24) is 25.1 Å². The second-order valence-electron chi connectivity index (χ2n) is 5.64. The molecule has 2 aromatic heterocycles. The Morgan fingerprint density at radius 1 is 1.33 bits per heavy atom. The number of H-pyrrole nitrogens is 1. The molecule has 1 aliphatic rings. The third-order valence-corrected chi connectivity index (χ3v) is 5.03. The number of hydrogen-bond donors (Lipinski definition) is 2. The maximum atomic E-state index is 12.4. The van der Waals surface area contributed by atoms with Gasteiger partial charge in [0.25, 0.3) is 5.91 Å². The zero-order valence-corrected chi connectivity index (χ0v) is 14.4. The van der Waals surface area contributed by atoms with Crippen LogP contribution >= 0.6 is 11.3 Å². The summed E-state index contributed by atoms with van der Waals surface area (Å²) < 4.78 is 0. The van der Waals surface area contributed by atoms with Gasteiger partial charge in [0.05, 0.1) is 6.04 Å². The standard InChI is InChI=1S/C16H21N5O2S/c1-2-12(14-18-6-11-24-14)19-16(23)21-9-7-20(8-10-21)15(22)13-4-3-5-17-13/h3-6,11-12,17H,2,7-10H2,1H3,(H,19,23)/t12-/m0/s1. The number of carbonyl (C=O) groups excluding carboxylic acids is 2. The Morgan fingerprint density at radius 3 is 2.67 bits per heavy atom. The molecule has 1 saturated heterocycles. The molecule has 3 rings (SSSR count). The van der Waals surface area contributed by atoms with Gasteiger partial charge in [-0.25, -0.2) is 9.78 Å². The van der Waals surface area contributed by atoms with Crippen molar-refractivity contribution in [3.63, 3.8) is 0 Å². The topological polar surface area (TPSA) is 81.3 Å². The predicted octanol–water partition coefficient (Wildman–Crippen LogP) is 2.09. The highest BCUT2D eigenvalue weighted by atomic mass is 32.1. The Balaban J connectivity index is 1.52. The van der Waals surface area contributed by atoms with Crippen LogP contribution < -0.4 is 5.32 Å². The molecule has 1 aliphatic heterocycles. The van der Waals surface area contributed by atoms with E-state index in [1.54, 1.807) is 45.7 Å².